The van der Waals surface area contributed by atoms with Gasteiger partial charge in [-0.25, -0.2) is 0 Å². The monoisotopic (exact) mass is 211 g/mol. The van der Waals surface area contributed by atoms with Gasteiger partial charge in [0.15, 0.2) is 0 Å². The fourth-order valence-electron chi connectivity index (χ4n) is 1.58. The Balaban J connectivity index is 2.40. The van der Waals surface area contributed by atoms with E-state index in [-0.39, 0.29) is 6.04 Å². The van der Waals surface area contributed by atoms with Crippen LogP contribution < -0.4 is 5.32 Å². The molecule has 15 heavy (non-hydrogen) atoms. The summed E-state index contributed by atoms with van der Waals surface area (Å²) in [5.41, 5.74) is 0. The van der Waals surface area contributed by atoms with Gasteiger partial charge in [-0.3, -0.25) is 0 Å². The SMILES string of the molecule is CCOCC(C)NC(CC)c1ccco1. The smallest absolute Gasteiger partial charge is 0.120 e. The molecule has 0 spiro atoms. The lowest BCUT2D eigenvalue weighted by Gasteiger charge is -2.20. The van der Waals surface area contributed by atoms with Crippen molar-refractivity contribution in [1.82, 2.24) is 5.32 Å². The molecule has 1 aromatic rings. The van der Waals surface area contributed by atoms with Crippen molar-refractivity contribution in [2.75, 3.05) is 13.2 Å². The number of ether oxygens (including phenoxy) is 1. The summed E-state index contributed by atoms with van der Waals surface area (Å²) >= 11 is 0. The predicted octanol–water partition coefficient (Wildman–Crippen LogP) is 2.75. The molecular formula is C12H21NO2. The molecule has 0 amide bonds. The van der Waals surface area contributed by atoms with Crippen molar-refractivity contribution >= 4 is 0 Å². The van der Waals surface area contributed by atoms with Crippen LogP contribution in [0.15, 0.2) is 22.8 Å². The van der Waals surface area contributed by atoms with Crippen LogP contribution in [0.25, 0.3) is 0 Å². The molecule has 0 radical (unpaired) electrons. The zero-order valence-corrected chi connectivity index (χ0v) is 9.82. The highest BCUT2D eigenvalue weighted by Crippen LogP contribution is 2.17. The summed E-state index contributed by atoms with van der Waals surface area (Å²) in [6, 6.07) is 4.57. The first-order chi connectivity index (χ1) is 7.27. The molecule has 86 valence electrons. The molecule has 0 aromatic carbocycles. The summed E-state index contributed by atoms with van der Waals surface area (Å²) in [5.74, 6) is 1.00. The van der Waals surface area contributed by atoms with Crippen LogP contribution in [0.1, 0.15) is 39.0 Å². The van der Waals surface area contributed by atoms with Crippen LogP contribution in [0.4, 0.5) is 0 Å². The van der Waals surface area contributed by atoms with Gasteiger partial charge in [-0.1, -0.05) is 6.92 Å². The van der Waals surface area contributed by atoms with E-state index in [0.29, 0.717) is 6.04 Å². The van der Waals surface area contributed by atoms with Gasteiger partial charge in [0.2, 0.25) is 0 Å². The Kier molecular flexibility index (Phi) is 5.43. The van der Waals surface area contributed by atoms with Gasteiger partial charge in [0.25, 0.3) is 0 Å². The molecule has 0 aliphatic heterocycles. The summed E-state index contributed by atoms with van der Waals surface area (Å²) in [6.45, 7) is 7.79. The molecule has 1 heterocycles. The highest BCUT2D eigenvalue weighted by molar-refractivity contribution is 5.04. The van der Waals surface area contributed by atoms with Gasteiger partial charge in [0, 0.05) is 12.6 Å². The van der Waals surface area contributed by atoms with Gasteiger partial charge in [-0.15, -0.1) is 0 Å². The average Bonchev–Trinajstić information content (AvgIpc) is 2.76. The Morgan fingerprint density at radius 2 is 2.27 bits per heavy atom. The van der Waals surface area contributed by atoms with E-state index in [1.165, 1.54) is 0 Å². The normalized spacial score (nSPS) is 15.1. The number of hydrogen-bond acceptors (Lipinski definition) is 3. The zero-order valence-electron chi connectivity index (χ0n) is 9.82. The van der Waals surface area contributed by atoms with Crippen molar-refractivity contribution in [3.05, 3.63) is 24.2 Å². The van der Waals surface area contributed by atoms with E-state index in [1.54, 1.807) is 6.26 Å². The van der Waals surface area contributed by atoms with E-state index in [1.807, 2.05) is 19.1 Å². The second-order valence-corrected chi connectivity index (χ2v) is 3.70. The van der Waals surface area contributed by atoms with E-state index < -0.39 is 0 Å². The van der Waals surface area contributed by atoms with Crippen LogP contribution in [-0.4, -0.2) is 19.3 Å². The van der Waals surface area contributed by atoms with E-state index in [4.69, 9.17) is 9.15 Å². The van der Waals surface area contributed by atoms with E-state index in [9.17, 15) is 0 Å². The minimum absolute atomic E-state index is 0.287. The number of nitrogens with one attached hydrogen (secondary N) is 1. The first kappa shape index (κ1) is 12.3. The topological polar surface area (TPSA) is 34.4 Å². The van der Waals surface area contributed by atoms with Gasteiger partial charge in [0.05, 0.1) is 18.9 Å². The van der Waals surface area contributed by atoms with Crippen molar-refractivity contribution in [2.24, 2.45) is 0 Å². The molecule has 3 heteroatoms. The third-order valence-corrected chi connectivity index (χ3v) is 2.35. The maximum absolute atomic E-state index is 5.39. The molecule has 1 rings (SSSR count). The first-order valence-corrected chi connectivity index (χ1v) is 5.65. The van der Waals surface area contributed by atoms with Gasteiger partial charge >= 0.3 is 0 Å². The molecule has 1 aromatic heterocycles. The second kappa shape index (κ2) is 6.64. The lowest BCUT2D eigenvalue weighted by molar-refractivity contribution is 0.122. The molecule has 0 aliphatic carbocycles. The maximum Gasteiger partial charge on any atom is 0.120 e. The van der Waals surface area contributed by atoms with E-state index in [0.717, 1.165) is 25.4 Å². The van der Waals surface area contributed by atoms with Crippen molar-refractivity contribution in [3.8, 4) is 0 Å². The standard InChI is InChI=1S/C12H21NO2/c1-4-11(12-7-6-8-15-12)13-10(3)9-14-5-2/h6-8,10-11,13H,4-5,9H2,1-3H3. The van der Waals surface area contributed by atoms with Crippen LogP contribution >= 0.6 is 0 Å². The molecule has 0 fully saturated rings. The highest BCUT2D eigenvalue weighted by atomic mass is 16.5. The Labute approximate surface area is 91.8 Å². The first-order valence-electron chi connectivity index (χ1n) is 5.65. The van der Waals surface area contributed by atoms with Crippen molar-refractivity contribution in [3.63, 3.8) is 0 Å². The van der Waals surface area contributed by atoms with E-state index in [2.05, 4.69) is 19.2 Å². The summed E-state index contributed by atoms with van der Waals surface area (Å²) in [5, 5.41) is 3.49. The lowest BCUT2D eigenvalue weighted by Crippen LogP contribution is -2.33. The van der Waals surface area contributed by atoms with E-state index >= 15 is 0 Å². The third kappa shape index (κ3) is 4.06. The fraction of sp³-hybridized carbons (Fsp3) is 0.667. The Morgan fingerprint density at radius 1 is 1.47 bits per heavy atom. The zero-order chi connectivity index (χ0) is 11.1. The summed E-state index contributed by atoms with van der Waals surface area (Å²) in [7, 11) is 0. The Hall–Kier alpha value is -0.800. The average molecular weight is 211 g/mol. The van der Waals surface area contributed by atoms with Gasteiger partial charge < -0.3 is 14.5 Å². The molecule has 2 atom stereocenters. The molecular weight excluding hydrogens is 190 g/mol. The molecule has 0 bridgehead atoms. The summed E-state index contributed by atoms with van der Waals surface area (Å²) < 4.78 is 10.8. The van der Waals surface area contributed by atoms with Crippen molar-refractivity contribution < 1.29 is 9.15 Å². The minimum Gasteiger partial charge on any atom is -0.468 e. The van der Waals surface area contributed by atoms with Crippen LogP contribution in [0.5, 0.6) is 0 Å². The van der Waals surface area contributed by atoms with Crippen LogP contribution in [0.2, 0.25) is 0 Å². The largest absolute Gasteiger partial charge is 0.468 e. The Bertz CT molecular complexity index is 246. The lowest BCUT2D eigenvalue weighted by atomic mass is 10.1. The second-order valence-electron chi connectivity index (χ2n) is 3.70. The maximum atomic E-state index is 5.39. The minimum atomic E-state index is 0.287. The van der Waals surface area contributed by atoms with Crippen LogP contribution in [-0.2, 0) is 4.74 Å². The highest BCUT2D eigenvalue weighted by Gasteiger charge is 2.14. The van der Waals surface area contributed by atoms with Gasteiger partial charge in [-0.2, -0.15) is 0 Å². The van der Waals surface area contributed by atoms with Crippen LogP contribution in [0.3, 0.4) is 0 Å². The summed E-state index contributed by atoms with van der Waals surface area (Å²) in [6.07, 6.45) is 2.73. The van der Waals surface area contributed by atoms with Crippen molar-refractivity contribution in [1.29, 1.82) is 0 Å². The molecule has 0 aliphatic rings. The predicted molar refractivity (Wildman–Crippen MR) is 60.8 cm³/mol. The van der Waals surface area contributed by atoms with Gasteiger partial charge in [-0.05, 0) is 32.4 Å². The summed E-state index contributed by atoms with van der Waals surface area (Å²) in [4.78, 5) is 0. The molecule has 1 N–H and O–H groups in total. The quantitative estimate of drug-likeness (QED) is 0.753. The fourth-order valence-corrected chi connectivity index (χ4v) is 1.58. The molecule has 0 saturated heterocycles. The van der Waals surface area contributed by atoms with Crippen LogP contribution in [0, 0.1) is 0 Å². The Morgan fingerprint density at radius 3 is 2.80 bits per heavy atom. The number of hydrogen-bond donors (Lipinski definition) is 1. The molecule has 2 unspecified atom stereocenters. The molecule has 0 saturated carbocycles. The number of rotatable bonds is 7. The number of furan rings is 1. The molecule has 3 nitrogen and oxygen atoms in total. The third-order valence-electron chi connectivity index (χ3n) is 2.35. The van der Waals surface area contributed by atoms with Gasteiger partial charge in [0.1, 0.15) is 5.76 Å². The van der Waals surface area contributed by atoms with Crippen molar-refractivity contribution in [2.45, 2.75) is 39.3 Å².